The molecule has 0 bridgehead atoms. The molecule has 8 heteroatoms. The van der Waals surface area contributed by atoms with Crippen LogP contribution >= 0.6 is 11.9 Å². The number of methoxy groups -OCH3 is 1. The van der Waals surface area contributed by atoms with Crippen molar-refractivity contribution < 1.29 is 13.9 Å². The summed E-state index contributed by atoms with van der Waals surface area (Å²) >= 11 is 1.39. The zero-order chi connectivity index (χ0) is 24.5. The van der Waals surface area contributed by atoms with Crippen LogP contribution in [0.25, 0.3) is 11.1 Å². The molecular formula is C27H25FN4O2S. The molecule has 4 aromatic rings. The number of pyridine rings is 1. The maximum absolute atomic E-state index is 14.3. The second-order valence-corrected chi connectivity index (χ2v) is 8.38. The minimum absolute atomic E-state index is 0.203. The topological polar surface area (TPSA) is 75.3 Å². The van der Waals surface area contributed by atoms with E-state index in [-0.39, 0.29) is 11.7 Å². The number of hydrogen-bond donors (Lipinski definition) is 3. The van der Waals surface area contributed by atoms with Gasteiger partial charge in [-0.3, -0.25) is 9.78 Å². The van der Waals surface area contributed by atoms with Crippen molar-refractivity contribution in [2.75, 3.05) is 30.2 Å². The Bertz CT molecular complexity index is 1290. The Hall–Kier alpha value is -4.04. The first-order chi connectivity index (χ1) is 17.1. The molecule has 0 fully saturated rings. The van der Waals surface area contributed by atoms with Crippen LogP contribution in [0.1, 0.15) is 10.5 Å². The smallest absolute Gasteiger partial charge is 0.269 e. The van der Waals surface area contributed by atoms with Crippen molar-refractivity contribution in [3.05, 3.63) is 103 Å². The molecule has 0 saturated heterocycles. The highest BCUT2D eigenvalue weighted by molar-refractivity contribution is 8.00. The van der Waals surface area contributed by atoms with Gasteiger partial charge in [-0.05, 0) is 66.0 Å². The number of nitrogens with zero attached hydrogens (tertiary/aromatic N) is 1. The van der Waals surface area contributed by atoms with Crippen LogP contribution in [0, 0.1) is 5.82 Å². The molecule has 0 spiro atoms. The summed E-state index contributed by atoms with van der Waals surface area (Å²) in [4.78, 5) is 16.9. The van der Waals surface area contributed by atoms with Crippen LogP contribution in [0.3, 0.4) is 0 Å². The van der Waals surface area contributed by atoms with Gasteiger partial charge in [0.05, 0.1) is 12.0 Å². The van der Waals surface area contributed by atoms with Crippen molar-refractivity contribution in [2.24, 2.45) is 0 Å². The third kappa shape index (κ3) is 6.51. The third-order valence-corrected chi connectivity index (χ3v) is 6.00. The summed E-state index contributed by atoms with van der Waals surface area (Å²) < 4.78 is 23.1. The number of carbonyl (C=O) groups excluding carboxylic acids is 1. The van der Waals surface area contributed by atoms with Crippen molar-refractivity contribution in [1.82, 2.24) is 10.3 Å². The fourth-order valence-corrected chi connectivity index (χ4v) is 4.19. The molecule has 1 aromatic heterocycles. The van der Waals surface area contributed by atoms with E-state index in [0.717, 1.165) is 21.8 Å². The number of aromatic nitrogens is 1. The van der Waals surface area contributed by atoms with Gasteiger partial charge in [0.15, 0.2) is 0 Å². The summed E-state index contributed by atoms with van der Waals surface area (Å²) in [7, 11) is 1.61. The minimum Gasteiger partial charge on any atom is -0.496 e. The molecule has 0 unspecified atom stereocenters. The lowest BCUT2D eigenvalue weighted by atomic mass is 10.1. The summed E-state index contributed by atoms with van der Waals surface area (Å²) in [6.45, 7) is 1.02. The largest absolute Gasteiger partial charge is 0.496 e. The number of anilines is 2. The van der Waals surface area contributed by atoms with Crippen LogP contribution in [0.5, 0.6) is 5.75 Å². The van der Waals surface area contributed by atoms with Gasteiger partial charge in [-0.15, -0.1) is 0 Å². The van der Waals surface area contributed by atoms with Gasteiger partial charge in [0.2, 0.25) is 0 Å². The lowest BCUT2D eigenvalue weighted by Gasteiger charge is -2.13. The summed E-state index contributed by atoms with van der Waals surface area (Å²) in [5, 5.41) is 6.14. The molecule has 0 aliphatic rings. The molecule has 3 N–H and O–H groups in total. The molecule has 0 saturated carbocycles. The van der Waals surface area contributed by atoms with Gasteiger partial charge in [0.1, 0.15) is 17.3 Å². The van der Waals surface area contributed by atoms with E-state index in [0.29, 0.717) is 30.1 Å². The molecule has 4 rings (SSSR count). The van der Waals surface area contributed by atoms with Gasteiger partial charge in [0, 0.05) is 36.2 Å². The summed E-state index contributed by atoms with van der Waals surface area (Å²) in [6, 6.07) is 25.3. The fourth-order valence-electron chi connectivity index (χ4n) is 3.40. The zero-order valence-electron chi connectivity index (χ0n) is 19.1. The van der Waals surface area contributed by atoms with E-state index in [2.05, 4.69) is 20.3 Å². The maximum atomic E-state index is 14.3. The first kappa shape index (κ1) is 24.1. The molecule has 178 valence electrons. The van der Waals surface area contributed by atoms with E-state index < -0.39 is 0 Å². The van der Waals surface area contributed by atoms with Gasteiger partial charge in [-0.2, -0.15) is 0 Å². The molecular weight excluding hydrogens is 463 g/mol. The van der Waals surface area contributed by atoms with E-state index in [1.807, 2.05) is 48.5 Å². The van der Waals surface area contributed by atoms with Crippen LogP contribution in [0.15, 0.2) is 96.0 Å². The minimum atomic E-state index is -0.267. The summed E-state index contributed by atoms with van der Waals surface area (Å²) in [6.07, 6.45) is 1.59. The van der Waals surface area contributed by atoms with Crippen molar-refractivity contribution in [1.29, 1.82) is 0 Å². The predicted molar refractivity (Wildman–Crippen MR) is 139 cm³/mol. The van der Waals surface area contributed by atoms with Crippen molar-refractivity contribution in [2.45, 2.75) is 4.90 Å². The molecule has 0 aliphatic carbocycles. The monoisotopic (exact) mass is 488 g/mol. The molecule has 1 amide bonds. The molecule has 0 atom stereocenters. The standard InChI is InChI=1S/C27H25FN4O2S/c1-34-25-13-12-19(22-9-2-3-10-23(22)28)17-26(25)35-32-21-8-6-7-20(18-21)29-15-16-31-27(33)24-11-4-5-14-30-24/h2-14,17-18,29,32H,15-16H2,1H3,(H,31,33). The van der Waals surface area contributed by atoms with E-state index in [4.69, 9.17) is 4.74 Å². The highest BCUT2D eigenvalue weighted by atomic mass is 32.2. The number of amides is 1. The molecule has 0 radical (unpaired) electrons. The number of halogens is 1. The Labute approximate surface area is 208 Å². The average molecular weight is 489 g/mol. The van der Waals surface area contributed by atoms with Gasteiger partial charge in [-0.1, -0.05) is 36.4 Å². The van der Waals surface area contributed by atoms with Gasteiger partial charge >= 0.3 is 0 Å². The van der Waals surface area contributed by atoms with Crippen molar-refractivity contribution in [3.8, 4) is 16.9 Å². The Morgan fingerprint density at radius 2 is 1.77 bits per heavy atom. The van der Waals surface area contributed by atoms with E-state index in [1.165, 1.54) is 18.0 Å². The number of carbonyl (C=O) groups is 1. The second-order valence-electron chi connectivity index (χ2n) is 7.53. The summed E-state index contributed by atoms with van der Waals surface area (Å²) in [5.74, 6) is 0.225. The lowest BCUT2D eigenvalue weighted by molar-refractivity contribution is 0.0950. The van der Waals surface area contributed by atoms with Crippen LogP contribution in [0.2, 0.25) is 0 Å². The number of hydrogen-bond acceptors (Lipinski definition) is 6. The van der Waals surface area contributed by atoms with Crippen molar-refractivity contribution >= 4 is 29.2 Å². The number of benzene rings is 3. The van der Waals surface area contributed by atoms with Crippen LogP contribution in [-0.4, -0.2) is 31.1 Å². The first-order valence-electron chi connectivity index (χ1n) is 11.0. The molecule has 0 aliphatic heterocycles. The summed E-state index contributed by atoms with van der Waals surface area (Å²) in [5.41, 5.74) is 3.51. The normalized spacial score (nSPS) is 10.5. The predicted octanol–water partition coefficient (Wildman–Crippen LogP) is 5.86. The Morgan fingerprint density at radius 3 is 2.57 bits per heavy atom. The highest BCUT2D eigenvalue weighted by Crippen LogP contribution is 2.35. The molecule has 3 aromatic carbocycles. The van der Waals surface area contributed by atoms with Crippen LogP contribution in [0.4, 0.5) is 15.8 Å². The van der Waals surface area contributed by atoms with E-state index >= 15 is 0 Å². The lowest BCUT2D eigenvalue weighted by Crippen LogP contribution is -2.29. The first-order valence-corrected chi connectivity index (χ1v) is 11.8. The Kier molecular flexibility index (Phi) is 8.19. The Morgan fingerprint density at radius 1 is 0.943 bits per heavy atom. The second kappa shape index (κ2) is 11.9. The SMILES string of the molecule is COc1ccc(-c2ccccc2F)cc1SNc1cccc(NCCNC(=O)c2ccccn2)c1. The van der Waals surface area contributed by atoms with Crippen LogP contribution in [-0.2, 0) is 0 Å². The van der Waals surface area contributed by atoms with E-state index in [9.17, 15) is 9.18 Å². The molecule has 1 heterocycles. The Balaban J connectivity index is 1.34. The molecule has 6 nitrogen and oxygen atoms in total. The number of ether oxygens (including phenoxy) is 1. The van der Waals surface area contributed by atoms with Gasteiger partial charge < -0.3 is 20.1 Å². The van der Waals surface area contributed by atoms with Gasteiger partial charge in [0.25, 0.3) is 5.91 Å². The van der Waals surface area contributed by atoms with Gasteiger partial charge in [-0.25, -0.2) is 4.39 Å². The fraction of sp³-hybridized carbons (Fsp3) is 0.111. The quantitative estimate of drug-likeness (QED) is 0.192. The third-order valence-electron chi connectivity index (χ3n) is 5.13. The average Bonchev–Trinajstić information content (AvgIpc) is 2.90. The van der Waals surface area contributed by atoms with E-state index in [1.54, 1.807) is 43.6 Å². The highest BCUT2D eigenvalue weighted by Gasteiger charge is 2.10. The zero-order valence-corrected chi connectivity index (χ0v) is 19.9. The number of nitrogens with one attached hydrogen (secondary N) is 3. The van der Waals surface area contributed by atoms with Crippen LogP contribution < -0.4 is 20.1 Å². The van der Waals surface area contributed by atoms with Crippen molar-refractivity contribution in [3.63, 3.8) is 0 Å². The number of rotatable bonds is 10. The maximum Gasteiger partial charge on any atom is 0.269 e. The molecule has 35 heavy (non-hydrogen) atoms.